The number of carbonyl (C=O) groups is 2. The second-order valence-electron chi connectivity index (χ2n) is 7.93. The highest BCUT2D eigenvalue weighted by atomic mass is 16.2. The lowest BCUT2D eigenvalue weighted by Gasteiger charge is -2.22. The van der Waals surface area contributed by atoms with Crippen LogP contribution in [0.3, 0.4) is 0 Å². The first-order valence-electron chi connectivity index (χ1n) is 10.6. The van der Waals surface area contributed by atoms with Gasteiger partial charge in [-0.2, -0.15) is 0 Å². The highest BCUT2D eigenvalue weighted by Gasteiger charge is 2.18. The normalized spacial score (nSPS) is 17.2. The van der Waals surface area contributed by atoms with Crippen molar-refractivity contribution >= 4 is 23.2 Å². The number of anilines is 2. The van der Waals surface area contributed by atoms with Gasteiger partial charge >= 0.3 is 0 Å². The molecule has 1 saturated heterocycles. The van der Waals surface area contributed by atoms with E-state index in [1.165, 1.54) is 31.1 Å². The Morgan fingerprint density at radius 3 is 2.34 bits per heavy atom. The molecule has 2 amide bonds. The average molecular weight is 393 g/mol. The van der Waals surface area contributed by atoms with Crippen LogP contribution in [0.5, 0.6) is 0 Å². The maximum Gasteiger partial charge on any atom is 0.274 e. The third-order valence-corrected chi connectivity index (χ3v) is 5.79. The van der Waals surface area contributed by atoms with Crippen LogP contribution in [0.1, 0.15) is 65.8 Å². The SMILES string of the molecule is O=C(NC1CCCCC1)c1ccnc(C(=O)Nc2ccc(N3CCCC3)cc2)c1. The third-order valence-electron chi connectivity index (χ3n) is 5.79. The molecule has 6 nitrogen and oxygen atoms in total. The molecule has 4 rings (SSSR count). The molecule has 2 aliphatic rings. The van der Waals surface area contributed by atoms with E-state index in [-0.39, 0.29) is 23.6 Å². The van der Waals surface area contributed by atoms with E-state index in [1.807, 2.05) is 24.3 Å². The van der Waals surface area contributed by atoms with Gasteiger partial charge in [0.05, 0.1) is 0 Å². The predicted octanol–water partition coefficient (Wildman–Crippen LogP) is 4.00. The van der Waals surface area contributed by atoms with Gasteiger partial charge in [0, 0.05) is 42.3 Å². The van der Waals surface area contributed by atoms with Crippen LogP contribution in [0.2, 0.25) is 0 Å². The summed E-state index contributed by atoms with van der Waals surface area (Å²) in [4.78, 5) is 31.6. The molecule has 0 bridgehead atoms. The zero-order chi connectivity index (χ0) is 20.1. The van der Waals surface area contributed by atoms with E-state index in [4.69, 9.17) is 0 Å². The number of rotatable bonds is 5. The number of nitrogens with zero attached hydrogens (tertiary/aromatic N) is 2. The molecule has 1 saturated carbocycles. The van der Waals surface area contributed by atoms with Crippen LogP contribution in [0.4, 0.5) is 11.4 Å². The van der Waals surface area contributed by atoms with E-state index in [0.717, 1.165) is 44.5 Å². The van der Waals surface area contributed by atoms with Crippen LogP contribution in [-0.2, 0) is 0 Å². The summed E-state index contributed by atoms with van der Waals surface area (Å²) >= 11 is 0. The minimum absolute atomic E-state index is 0.136. The van der Waals surface area contributed by atoms with Gasteiger partial charge in [0.2, 0.25) is 0 Å². The molecule has 0 unspecified atom stereocenters. The van der Waals surface area contributed by atoms with Gasteiger partial charge in [-0.25, -0.2) is 0 Å². The molecule has 1 aromatic carbocycles. The van der Waals surface area contributed by atoms with Gasteiger partial charge in [0.15, 0.2) is 0 Å². The molecule has 1 aromatic heterocycles. The molecule has 0 atom stereocenters. The van der Waals surface area contributed by atoms with Crippen LogP contribution in [0.25, 0.3) is 0 Å². The Labute approximate surface area is 171 Å². The lowest BCUT2D eigenvalue weighted by molar-refractivity contribution is 0.0927. The maximum absolute atomic E-state index is 12.6. The smallest absolute Gasteiger partial charge is 0.274 e. The summed E-state index contributed by atoms with van der Waals surface area (Å²) in [5, 5.41) is 5.95. The van der Waals surface area contributed by atoms with Crippen molar-refractivity contribution in [1.29, 1.82) is 0 Å². The summed E-state index contributed by atoms with van der Waals surface area (Å²) in [6, 6.07) is 11.3. The summed E-state index contributed by atoms with van der Waals surface area (Å²) in [5.41, 5.74) is 2.61. The largest absolute Gasteiger partial charge is 0.372 e. The number of benzene rings is 1. The molecule has 29 heavy (non-hydrogen) atoms. The van der Waals surface area contributed by atoms with E-state index >= 15 is 0 Å². The van der Waals surface area contributed by atoms with Crippen LogP contribution in [0.15, 0.2) is 42.6 Å². The average Bonchev–Trinajstić information content (AvgIpc) is 3.30. The second-order valence-corrected chi connectivity index (χ2v) is 7.93. The molecule has 2 heterocycles. The van der Waals surface area contributed by atoms with Crippen molar-refractivity contribution in [1.82, 2.24) is 10.3 Å². The molecular weight excluding hydrogens is 364 g/mol. The first-order chi connectivity index (χ1) is 14.2. The molecule has 152 valence electrons. The van der Waals surface area contributed by atoms with Crippen LogP contribution in [-0.4, -0.2) is 35.9 Å². The Bertz CT molecular complexity index is 853. The Morgan fingerprint density at radius 2 is 1.62 bits per heavy atom. The van der Waals surface area contributed by atoms with E-state index in [1.54, 1.807) is 12.1 Å². The van der Waals surface area contributed by atoms with Crippen molar-refractivity contribution in [3.63, 3.8) is 0 Å². The van der Waals surface area contributed by atoms with E-state index in [0.29, 0.717) is 5.56 Å². The zero-order valence-corrected chi connectivity index (χ0v) is 16.7. The van der Waals surface area contributed by atoms with Crippen molar-refractivity contribution < 1.29 is 9.59 Å². The number of aromatic nitrogens is 1. The lowest BCUT2D eigenvalue weighted by Crippen LogP contribution is -2.36. The Hall–Kier alpha value is -2.89. The Balaban J connectivity index is 1.38. The topological polar surface area (TPSA) is 74.3 Å². The summed E-state index contributed by atoms with van der Waals surface area (Å²) in [7, 11) is 0. The van der Waals surface area contributed by atoms with Crippen molar-refractivity contribution in [2.75, 3.05) is 23.3 Å². The van der Waals surface area contributed by atoms with E-state index in [9.17, 15) is 9.59 Å². The molecule has 2 N–H and O–H groups in total. The van der Waals surface area contributed by atoms with E-state index < -0.39 is 0 Å². The fraction of sp³-hybridized carbons (Fsp3) is 0.435. The zero-order valence-electron chi connectivity index (χ0n) is 16.7. The highest BCUT2D eigenvalue weighted by Crippen LogP contribution is 2.22. The van der Waals surface area contributed by atoms with Gasteiger partial charge in [-0.05, 0) is 62.1 Å². The number of pyridine rings is 1. The number of carbonyl (C=O) groups excluding carboxylic acids is 2. The predicted molar refractivity (Wildman–Crippen MR) is 114 cm³/mol. The fourth-order valence-corrected chi connectivity index (χ4v) is 4.14. The summed E-state index contributed by atoms with van der Waals surface area (Å²) in [6.07, 6.45) is 9.59. The molecule has 2 fully saturated rings. The first-order valence-corrected chi connectivity index (χ1v) is 10.6. The fourth-order valence-electron chi connectivity index (χ4n) is 4.14. The quantitative estimate of drug-likeness (QED) is 0.807. The second kappa shape index (κ2) is 9.07. The molecular formula is C23H28N4O2. The lowest BCUT2D eigenvalue weighted by atomic mass is 9.95. The molecule has 2 aromatic rings. The summed E-state index contributed by atoms with van der Waals surface area (Å²) in [5.74, 6) is -0.449. The van der Waals surface area contributed by atoms with Crippen molar-refractivity contribution in [2.45, 2.75) is 51.0 Å². The Kier molecular flexibility index (Phi) is 6.08. The summed E-state index contributed by atoms with van der Waals surface area (Å²) in [6.45, 7) is 2.18. The third kappa shape index (κ3) is 4.94. The van der Waals surface area contributed by atoms with Crippen molar-refractivity contribution in [3.8, 4) is 0 Å². The Morgan fingerprint density at radius 1 is 0.897 bits per heavy atom. The van der Waals surface area contributed by atoms with Gasteiger partial charge < -0.3 is 15.5 Å². The van der Waals surface area contributed by atoms with E-state index in [2.05, 4.69) is 20.5 Å². The maximum atomic E-state index is 12.6. The molecule has 0 spiro atoms. The van der Waals surface area contributed by atoms with Crippen LogP contribution < -0.4 is 15.5 Å². The van der Waals surface area contributed by atoms with Crippen molar-refractivity contribution in [2.24, 2.45) is 0 Å². The standard InChI is InChI=1S/C23H28N4O2/c28-22(25-18-6-2-1-3-7-18)17-12-13-24-21(16-17)23(29)26-19-8-10-20(11-9-19)27-14-4-5-15-27/h8-13,16,18H,1-7,14-15H2,(H,25,28)(H,26,29). The molecule has 6 heteroatoms. The van der Waals surface area contributed by atoms with Gasteiger partial charge in [0.1, 0.15) is 5.69 Å². The number of nitrogens with one attached hydrogen (secondary N) is 2. The highest BCUT2D eigenvalue weighted by molar-refractivity contribution is 6.04. The van der Waals surface area contributed by atoms with Gasteiger partial charge in [-0.3, -0.25) is 14.6 Å². The monoisotopic (exact) mass is 392 g/mol. The number of amides is 2. The molecule has 0 radical (unpaired) electrons. The number of hydrogen-bond acceptors (Lipinski definition) is 4. The summed E-state index contributed by atoms with van der Waals surface area (Å²) < 4.78 is 0. The molecule has 1 aliphatic carbocycles. The molecule has 1 aliphatic heterocycles. The minimum atomic E-state index is -0.314. The van der Waals surface area contributed by atoms with Gasteiger partial charge in [-0.15, -0.1) is 0 Å². The first kappa shape index (κ1) is 19.4. The van der Waals surface area contributed by atoms with Crippen LogP contribution in [0, 0.1) is 0 Å². The minimum Gasteiger partial charge on any atom is -0.372 e. The van der Waals surface area contributed by atoms with Crippen LogP contribution >= 0.6 is 0 Å². The number of hydrogen-bond donors (Lipinski definition) is 2. The van der Waals surface area contributed by atoms with Gasteiger partial charge in [-0.1, -0.05) is 19.3 Å². The van der Waals surface area contributed by atoms with Gasteiger partial charge in [0.25, 0.3) is 11.8 Å². The van der Waals surface area contributed by atoms with Crippen molar-refractivity contribution in [3.05, 3.63) is 53.9 Å².